The van der Waals surface area contributed by atoms with E-state index in [9.17, 15) is 9.59 Å². The minimum Gasteiger partial charge on any atom is -0.493 e. The van der Waals surface area contributed by atoms with Crippen LogP contribution in [0.15, 0.2) is 36.4 Å². The molecule has 0 spiro atoms. The minimum atomic E-state index is -0.302. The highest BCUT2D eigenvalue weighted by Gasteiger charge is 2.20. The molecule has 31 heavy (non-hydrogen) atoms. The molecule has 1 N–H and O–H groups in total. The van der Waals surface area contributed by atoms with Crippen molar-refractivity contribution in [2.45, 2.75) is 39.7 Å². The van der Waals surface area contributed by atoms with E-state index in [2.05, 4.69) is 19.2 Å². The summed E-state index contributed by atoms with van der Waals surface area (Å²) in [7, 11) is 1.52. The van der Waals surface area contributed by atoms with Crippen molar-refractivity contribution >= 4 is 29.1 Å². The molecular weight excluding hydrogens is 416 g/mol. The Balaban J connectivity index is 1.70. The number of nitrogens with zero attached hydrogens (tertiary/aromatic N) is 1. The van der Waals surface area contributed by atoms with Crippen molar-refractivity contribution in [1.82, 2.24) is 4.90 Å². The van der Waals surface area contributed by atoms with Gasteiger partial charge < -0.3 is 19.7 Å². The van der Waals surface area contributed by atoms with Crippen LogP contribution >= 0.6 is 11.6 Å². The number of hydrogen-bond acceptors (Lipinski definition) is 4. The first kappa shape index (κ1) is 22.9. The number of ether oxygens (including phenoxy) is 2. The molecular formula is C24H29ClN2O4. The fraction of sp³-hybridized carbons (Fsp3) is 0.417. The zero-order valence-corrected chi connectivity index (χ0v) is 19.0. The summed E-state index contributed by atoms with van der Waals surface area (Å²) in [6, 6.07) is 10.7. The summed E-state index contributed by atoms with van der Waals surface area (Å²) in [5.74, 6) is 1.24. The van der Waals surface area contributed by atoms with Crippen LogP contribution in [-0.4, -0.2) is 37.0 Å². The maximum atomic E-state index is 12.8. The highest BCUT2D eigenvalue weighted by Crippen LogP contribution is 2.37. The number of halogens is 1. The second-order valence-corrected chi connectivity index (χ2v) is 8.50. The van der Waals surface area contributed by atoms with Gasteiger partial charge in [-0.05, 0) is 48.6 Å². The van der Waals surface area contributed by atoms with Gasteiger partial charge in [-0.2, -0.15) is 0 Å². The molecule has 0 atom stereocenters. The van der Waals surface area contributed by atoms with E-state index in [0.717, 1.165) is 24.9 Å². The van der Waals surface area contributed by atoms with Gasteiger partial charge in [-0.15, -0.1) is 0 Å². The summed E-state index contributed by atoms with van der Waals surface area (Å²) < 4.78 is 11.2. The molecule has 1 fully saturated rings. The zero-order valence-electron chi connectivity index (χ0n) is 18.2. The zero-order chi connectivity index (χ0) is 22.4. The van der Waals surface area contributed by atoms with Gasteiger partial charge in [-0.25, -0.2) is 0 Å². The third-order valence-electron chi connectivity index (χ3n) is 5.16. The van der Waals surface area contributed by atoms with E-state index >= 15 is 0 Å². The quantitative estimate of drug-likeness (QED) is 0.580. The molecule has 0 aliphatic carbocycles. The van der Waals surface area contributed by atoms with Gasteiger partial charge in [-0.1, -0.05) is 37.6 Å². The lowest BCUT2D eigenvalue weighted by molar-refractivity contribution is -0.128. The molecule has 0 saturated carbocycles. The van der Waals surface area contributed by atoms with Gasteiger partial charge in [0.25, 0.3) is 5.91 Å². The van der Waals surface area contributed by atoms with E-state index in [1.54, 1.807) is 12.1 Å². The summed E-state index contributed by atoms with van der Waals surface area (Å²) >= 11 is 6.39. The number of hydrogen-bond donors (Lipinski definition) is 1. The molecule has 0 radical (unpaired) electrons. The molecule has 6 nitrogen and oxygen atoms in total. The Hall–Kier alpha value is -2.73. The van der Waals surface area contributed by atoms with Gasteiger partial charge >= 0.3 is 0 Å². The van der Waals surface area contributed by atoms with Crippen LogP contribution in [0, 0.1) is 5.92 Å². The monoisotopic (exact) mass is 444 g/mol. The number of carbonyl (C=O) groups excluding carboxylic acids is 2. The predicted octanol–water partition coefficient (Wildman–Crippen LogP) is 5.15. The summed E-state index contributed by atoms with van der Waals surface area (Å²) in [5.41, 5.74) is 2.00. The largest absolute Gasteiger partial charge is 0.493 e. The summed E-state index contributed by atoms with van der Waals surface area (Å²) in [6.45, 7) is 6.08. The third-order valence-corrected chi connectivity index (χ3v) is 5.44. The van der Waals surface area contributed by atoms with Crippen LogP contribution in [0.4, 0.5) is 5.69 Å². The summed E-state index contributed by atoms with van der Waals surface area (Å²) in [5, 5.41) is 3.22. The normalized spacial score (nSPS) is 13.6. The molecule has 2 aromatic rings. The number of rotatable bonds is 9. The number of benzene rings is 2. The molecule has 2 amide bonds. The maximum Gasteiger partial charge on any atom is 0.255 e. The predicted molar refractivity (Wildman–Crippen MR) is 122 cm³/mol. The highest BCUT2D eigenvalue weighted by atomic mass is 35.5. The minimum absolute atomic E-state index is 0.173. The van der Waals surface area contributed by atoms with Crippen LogP contribution in [0.3, 0.4) is 0 Å². The number of methoxy groups -OCH3 is 1. The Morgan fingerprint density at radius 3 is 2.74 bits per heavy atom. The first-order chi connectivity index (χ1) is 14.9. The van der Waals surface area contributed by atoms with Crippen LogP contribution in [0.2, 0.25) is 5.02 Å². The Labute approximate surface area is 188 Å². The van der Waals surface area contributed by atoms with E-state index < -0.39 is 0 Å². The van der Waals surface area contributed by atoms with Crippen molar-refractivity contribution in [3.05, 3.63) is 52.5 Å². The molecule has 0 unspecified atom stereocenters. The fourth-order valence-electron chi connectivity index (χ4n) is 3.43. The van der Waals surface area contributed by atoms with Crippen LogP contribution in [0.25, 0.3) is 0 Å². The second-order valence-electron chi connectivity index (χ2n) is 8.09. The smallest absolute Gasteiger partial charge is 0.255 e. The Morgan fingerprint density at radius 2 is 2.06 bits per heavy atom. The molecule has 3 rings (SSSR count). The molecule has 166 valence electrons. The first-order valence-corrected chi connectivity index (χ1v) is 10.9. The van der Waals surface area contributed by atoms with E-state index in [1.807, 2.05) is 29.2 Å². The lowest BCUT2D eigenvalue weighted by Crippen LogP contribution is -2.23. The molecule has 0 aromatic heterocycles. The lowest BCUT2D eigenvalue weighted by atomic mass is 10.1. The van der Waals surface area contributed by atoms with Crippen molar-refractivity contribution in [2.24, 2.45) is 5.92 Å². The number of nitrogens with one attached hydrogen (secondary N) is 1. The van der Waals surface area contributed by atoms with Gasteiger partial charge in [-0.3, -0.25) is 9.59 Å². The van der Waals surface area contributed by atoms with Gasteiger partial charge in [0.1, 0.15) is 0 Å². The van der Waals surface area contributed by atoms with Crippen LogP contribution in [-0.2, 0) is 11.3 Å². The van der Waals surface area contributed by atoms with Crippen molar-refractivity contribution in [3.8, 4) is 11.5 Å². The summed E-state index contributed by atoms with van der Waals surface area (Å²) in [4.78, 5) is 26.5. The molecule has 1 saturated heterocycles. The van der Waals surface area contributed by atoms with Gasteiger partial charge in [0.15, 0.2) is 11.5 Å². The maximum absolute atomic E-state index is 12.8. The van der Waals surface area contributed by atoms with Crippen molar-refractivity contribution in [3.63, 3.8) is 0 Å². The van der Waals surface area contributed by atoms with Crippen LogP contribution < -0.4 is 14.8 Å². The first-order valence-electron chi connectivity index (χ1n) is 10.6. The molecule has 0 bridgehead atoms. The molecule has 2 aromatic carbocycles. The molecule has 1 heterocycles. The van der Waals surface area contributed by atoms with Crippen molar-refractivity contribution < 1.29 is 19.1 Å². The SMILES string of the molecule is COc1cc(C(=O)Nc2cccc(CN3CCCC3=O)c2)cc(Cl)c1OCCC(C)C. The number of amides is 2. The average molecular weight is 445 g/mol. The Bertz CT molecular complexity index is 945. The van der Waals surface area contributed by atoms with Crippen molar-refractivity contribution in [1.29, 1.82) is 0 Å². The van der Waals surface area contributed by atoms with Crippen molar-refractivity contribution in [2.75, 3.05) is 25.6 Å². The molecule has 1 aliphatic rings. The van der Waals surface area contributed by atoms with E-state index in [-0.39, 0.29) is 11.8 Å². The van der Waals surface area contributed by atoms with Gasteiger partial charge in [0.2, 0.25) is 5.91 Å². The number of anilines is 1. The summed E-state index contributed by atoms with van der Waals surface area (Å²) in [6.07, 6.45) is 2.40. The number of carbonyl (C=O) groups is 2. The van der Waals surface area contributed by atoms with E-state index in [0.29, 0.717) is 53.3 Å². The van der Waals surface area contributed by atoms with Crippen LogP contribution in [0.1, 0.15) is 49.0 Å². The topological polar surface area (TPSA) is 67.9 Å². The molecule has 7 heteroatoms. The highest BCUT2D eigenvalue weighted by molar-refractivity contribution is 6.32. The van der Waals surface area contributed by atoms with E-state index in [1.165, 1.54) is 7.11 Å². The third kappa shape index (κ3) is 6.14. The fourth-order valence-corrected chi connectivity index (χ4v) is 3.70. The van der Waals surface area contributed by atoms with Gasteiger partial charge in [0, 0.05) is 30.8 Å². The standard InChI is InChI=1S/C24H29ClN2O4/c1-16(2)9-11-31-23-20(25)13-18(14-21(23)30-3)24(29)26-19-7-4-6-17(12-19)15-27-10-5-8-22(27)28/h4,6-7,12-14,16H,5,8-11,15H2,1-3H3,(H,26,29). The second kappa shape index (κ2) is 10.5. The van der Waals surface area contributed by atoms with Gasteiger partial charge in [0.05, 0.1) is 18.7 Å². The Morgan fingerprint density at radius 1 is 1.26 bits per heavy atom. The lowest BCUT2D eigenvalue weighted by Gasteiger charge is -2.17. The Kier molecular flexibility index (Phi) is 7.80. The van der Waals surface area contributed by atoms with E-state index in [4.69, 9.17) is 21.1 Å². The average Bonchev–Trinajstić information content (AvgIpc) is 3.13. The number of likely N-dealkylation sites (tertiary alicyclic amines) is 1. The molecule has 1 aliphatic heterocycles. The van der Waals surface area contributed by atoms with Crippen LogP contribution in [0.5, 0.6) is 11.5 Å².